The SMILES string of the molecule is CC(=O)C(O)(C(C)O)C(O)(C(C)=O)C(O)C=O. The lowest BCUT2D eigenvalue weighted by Crippen LogP contribution is -2.72. The van der Waals surface area contributed by atoms with Gasteiger partial charge in [0.05, 0.1) is 6.10 Å². The first-order chi connectivity index (χ1) is 7.56. The van der Waals surface area contributed by atoms with E-state index < -0.39 is 35.0 Å². The van der Waals surface area contributed by atoms with E-state index in [4.69, 9.17) is 0 Å². The van der Waals surface area contributed by atoms with Crippen LogP contribution in [0.4, 0.5) is 0 Å². The molecule has 0 aromatic heterocycles. The monoisotopic (exact) mass is 248 g/mol. The van der Waals surface area contributed by atoms with E-state index in [-0.39, 0.29) is 6.29 Å². The van der Waals surface area contributed by atoms with Crippen molar-refractivity contribution in [3.8, 4) is 0 Å². The average molecular weight is 248 g/mol. The van der Waals surface area contributed by atoms with Gasteiger partial charge < -0.3 is 25.2 Å². The Kier molecular flexibility index (Phi) is 4.67. The van der Waals surface area contributed by atoms with Crippen LogP contribution in [0.1, 0.15) is 20.8 Å². The normalized spacial score (nSPS) is 21.8. The van der Waals surface area contributed by atoms with Gasteiger partial charge in [0.2, 0.25) is 0 Å². The lowest BCUT2D eigenvalue weighted by Gasteiger charge is -2.42. The number of carbonyl (C=O) groups is 3. The Morgan fingerprint density at radius 1 is 1.06 bits per heavy atom. The Balaban J connectivity index is 5.98. The molecule has 0 amide bonds. The quantitative estimate of drug-likeness (QED) is 0.384. The Morgan fingerprint density at radius 2 is 1.41 bits per heavy atom. The number of aldehydes is 1. The summed E-state index contributed by atoms with van der Waals surface area (Å²) in [7, 11) is 0. The van der Waals surface area contributed by atoms with E-state index in [1.807, 2.05) is 0 Å². The molecular weight excluding hydrogens is 232 g/mol. The predicted octanol–water partition coefficient (Wildman–Crippen LogP) is -2.43. The third-order valence-electron chi connectivity index (χ3n) is 2.82. The van der Waals surface area contributed by atoms with Crippen LogP contribution < -0.4 is 0 Å². The second-order valence-electron chi connectivity index (χ2n) is 3.90. The fourth-order valence-corrected chi connectivity index (χ4v) is 1.68. The maximum atomic E-state index is 11.3. The fraction of sp³-hybridized carbons (Fsp3) is 0.700. The molecule has 4 atom stereocenters. The number of hydrogen-bond acceptors (Lipinski definition) is 7. The van der Waals surface area contributed by atoms with Crippen molar-refractivity contribution < 1.29 is 34.8 Å². The molecule has 98 valence electrons. The number of Topliss-reactive ketones (excluding diaryl/α,β-unsaturated/α-hetero) is 2. The van der Waals surface area contributed by atoms with Gasteiger partial charge in [0.15, 0.2) is 29.1 Å². The van der Waals surface area contributed by atoms with Crippen LogP contribution in [0.15, 0.2) is 0 Å². The number of aliphatic hydroxyl groups is 4. The van der Waals surface area contributed by atoms with Gasteiger partial charge in [0.1, 0.15) is 6.10 Å². The van der Waals surface area contributed by atoms with E-state index in [0.29, 0.717) is 0 Å². The Bertz CT molecular complexity index is 338. The molecule has 0 aliphatic rings. The van der Waals surface area contributed by atoms with Gasteiger partial charge in [-0.05, 0) is 20.8 Å². The van der Waals surface area contributed by atoms with Gasteiger partial charge >= 0.3 is 0 Å². The molecule has 0 fully saturated rings. The Labute approximate surface area is 97.7 Å². The maximum absolute atomic E-state index is 11.3. The first-order valence-electron chi connectivity index (χ1n) is 4.85. The minimum atomic E-state index is -3.09. The molecule has 0 aliphatic heterocycles. The van der Waals surface area contributed by atoms with Gasteiger partial charge in [-0.3, -0.25) is 9.59 Å². The van der Waals surface area contributed by atoms with Crippen LogP contribution in [0.5, 0.6) is 0 Å². The van der Waals surface area contributed by atoms with E-state index >= 15 is 0 Å². The third-order valence-corrected chi connectivity index (χ3v) is 2.82. The molecule has 17 heavy (non-hydrogen) atoms. The summed E-state index contributed by atoms with van der Waals surface area (Å²) in [6.45, 7) is 2.55. The second kappa shape index (κ2) is 5.01. The number of hydrogen-bond donors (Lipinski definition) is 4. The number of ketones is 2. The molecule has 0 saturated carbocycles. The highest BCUT2D eigenvalue weighted by Crippen LogP contribution is 2.31. The first-order valence-corrected chi connectivity index (χ1v) is 4.85. The van der Waals surface area contributed by atoms with Crippen LogP contribution in [-0.4, -0.2) is 61.7 Å². The summed E-state index contributed by atoms with van der Waals surface area (Å²) < 4.78 is 0. The van der Waals surface area contributed by atoms with Crippen molar-refractivity contribution >= 4 is 17.9 Å². The van der Waals surface area contributed by atoms with Crippen LogP contribution in [0.2, 0.25) is 0 Å². The summed E-state index contributed by atoms with van der Waals surface area (Å²) in [5.41, 5.74) is -6.05. The highest BCUT2D eigenvalue weighted by atomic mass is 16.4. The van der Waals surface area contributed by atoms with E-state index in [2.05, 4.69) is 0 Å². The Morgan fingerprint density at radius 3 is 1.59 bits per heavy atom. The highest BCUT2D eigenvalue weighted by Gasteiger charge is 2.63. The number of rotatable bonds is 6. The highest BCUT2D eigenvalue weighted by molar-refractivity contribution is 6.00. The summed E-state index contributed by atoms with van der Waals surface area (Å²) >= 11 is 0. The van der Waals surface area contributed by atoms with Gasteiger partial charge in [0, 0.05) is 0 Å². The van der Waals surface area contributed by atoms with Gasteiger partial charge in [-0.2, -0.15) is 0 Å². The molecule has 0 rings (SSSR count). The lowest BCUT2D eigenvalue weighted by atomic mass is 9.71. The summed E-state index contributed by atoms with van der Waals surface area (Å²) in [4.78, 5) is 33.1. The standard InChI is InChI=1S/C10H16O7/c1-5(12)9(16,6(2)13)10(17,7(3)14)8(15)4-11/h4-5,8,12,15-17H,1-3H3. The summed E-state index contributed by atoms with van der Waals surface area (Å²) in [5, 5.41) is 38.6. The van der Waals surface area contributed by atoms with E-state index in [9.17, 15) is 34.8 Å². The van der Waals surface area contributed by atoms with E-state index in [1.165, 1.54) is 0 Å². The fourth-order valence-electron chi connectivity index (χ4n) is 1.68. The van der Waals surface area contributed by atoms with Crippen molar-refractivity contribution in [2.24, 2.45) is 0 Å². The molecule has 0 aliphatic carbocycles. The van der Waals surface area contributed by atoms with Gasteiger partial charge in [-0.1, -0.05) is 0 Å². The number of carbonyl (C=O) groups excluding carboxylic acids is 3. The van der Waals surface area contributed by atoms with Crippen molar-refractivity contribution in [2.45, 2.75) is 44.2 Å². The molecular formula is C10H16O7. The number of aliphatic hydroxyl groups excluding tert-OH is 2. The van der Waals surface area contributed by atoms with Crippen molar-refractivity contribution in [1.29, 1.82) is 0 Å². The molecule has 0 aromatic rings. The molecule has 0 spiro atoms. The van der Waals surface area contributed by atoms with Gasteiger partial charge in [-0.25, -0.2) is 0 Å². The zero-order valence-corrected chi connectivity index (χ0v) is 9.75. The van der Waals surface area contributed by atoms with Crippen molar-refractivity contribution in [1.82, 2.24) is 0 Å². The third kappa shape index (κ3) is 2.14. The minimum absolute atomic E-state index is 0.197. The van der Waals surface area contributed by atoms with E-state index in [1.54, 1.807) is 0 Å². The van der Waals surface area contributed by atoms with Crippen molar-refractivity contribution in [3.05, 3.63) is 0 Å². The van der Waals surface area contributed by atoms with Gasteiger partial charge in [0.25, 0.3) is 0 Å². The van der Waals surface area contributed by atoms with Crippen LogP contribution in [-0.2, 0) is 14.4 Å². The molecule has 7 heteroatoms. The summed E-state index contributed by atoms with van der Waals surface area (Å²) in [6, 6.07) is 0. The van der Waals surface area contributed by atoms with Crippen LogP contribution in [0.3, 0.4) is 0 Å². The van der Waals surface area contributed by atoms with Crippen LogP contribution in [0.25, 0.3) is 0 Å². The topological polar surface area (TPSA) is 132 Å². The molecule has 0 bridgehead atoms. The van der Waals surface area contributed by atoms with Crippen LogP contribution >= 0.6 is 0 Å². The molecule has 7 nitrogen and oxygen atoms in total. The summed E-state index contributed by atoms with van der Waals surface area (Å²) in [5.74, 6) is -2.36. The lowest BCUT2D eigenvalue weighted by molar-refractivity contribution is -0.220. The van der Waals surface area contributed by atoms with E-state index in [0.717, 1.165) is 20.8 Å². The minimum Gasteiger partial charge on any atom is -0.390 e. The Hall–Kier alpha value is -1.15. The maximum Gasteiger partial charge on any atom is 0.193 e. The zero-order valence-electron chi connectivity index (χ0n) is 9.75. The zero-order chi connectivity index (χ0) is 14.0. The molecule has 4 N–H and O–H groups in total. The van der Waals surface area contributed by atoms with Crippen LogP contribution in [0, 0.1) is 0 Å². The van der Waals surface area contributed by atoms with Crippen molar-refractivity contribution in [2.75, 3.05) is 0 Å². The smallest absolute Gasteiger partial charge is 0.193 e. The molecule has 0 heterocycles. The van der Waals surface area contributed by atoms with Gasteiger partial charge in [-0.15, -0.1) is 0 Å². The summed E-state index contributed by atoms with van der Waals surface area (Å²) in [6.07, 6.45) is -4.38. The largest absolute Gasteiger partial charge is 0.390 e. The molecule has 0 radical (unpaired) electrons. The first kappa shape index (κ1) is 15.9. The molecule has 0 saturated heterocycles. The molecule has 4 unspecified atom stereocenters. The second-order valence-corrected chi connectivity index (χ2v) is 3.90. The molecule has 0 aromatic carbocycles. The average Bonchev–Trinajstić information content (AvgIpc) is 2.24. The predicted molar refractivity (Wildman–Crippen MR) is 55.0 cm³/mol. The van der Waals surface area contributed by atoms with Crippen molar-refractivity contribution in [3.63, 3.8) is 0 Å².